The molecular weight excluding hydrogens is 465 g/mol. The van der Waals surface area contributed by atoms with Crippen LogP contribution >= 0.6 is 23.4 Å². The fraction of sp³-hybridized carbons (Fsp3) is 0.286. The molecule has 0 fully saturated rings. The molecule has 0 atom stereocenters. The van der Waals surface area contributed by atoms with Gasteiger partial charge in [0.1, 0.15) is 0 Å². The molecule has 1 amide bonds. The molecule has 1 aromatic heterocycles. The van der Waals surface area contributed by atoms with Gasteiger partial charge in [-0.3, -0.25) is 4.79 Å². The van der Waals surface area contributed by atoms with Crippen LogP contribution in [0.25, 0.3) is 11.4 Å². The standard InChI is InChI=1S/C21H20ClF3N4O2S/c1-31-12-6-11-29-19(14-7-2-4-9-16(14)22)27-28-20(29)32-13-18(30)26-17-10-5-3-8-15(17)21(23,24)25/h2-5,7-10H,6,11-13H2,1H3,(H,26,30). The van der Waals surface area contributed by atoms with Crippen LogP contribution in [-0.2, 0) is 22.3 Å². The quantitative estimate of drug-likeness (QED) is 0.326. The van der Waals surface area contributed by atoms with E-state index in [0.717, 1.165) is 17.8 Å². The van der Waals surface area contributed by atoms with E-state index in [2.05, 4.69) is 15.5 Å². The number of nitrogens with zero attached hydrogens (tertiary/aromatic N) is 3. The number of alkyl halides is 3. The van der Waals surface area contributed by atoms with E-state index >= 15 is 0 Å². The SMILES string of the molecule is COCCCn1c(SCC(=O)Nc2ccccc2C(F)(F)F)nnc1-c1ccccc1Cl. The van der Waals surface area contributed by atoms with Crippen molar-refractivity contribution in [2.24, 2.45) is 0 Å². The fourth-order valence-corrected chi connectivity index (χ4v) is 3.95. The van der Waals surface area contributed by atoms with Gasteiger partial charge >= 0.3 is 6.18 Å². The number of ether oxygens (including phenoxy) is 1. The van der Waals surface area contributed by atoms with Crippen molar-refractivity contribution in [3.63, 3.8) is 0 Å². The van der Waals surface area contributed by atoms with Crippen molar-refractivity contribution in [1.82, 2.24) is 14.8 Å². The van der Waals surface area contributed by atoms with E-state index in [1.165, 1.54) is 18.2 Å². The van der Waals surface area contributed by atoms with Gasteiger partial charge in [-0.25, -0.2) is 0 Å². The summed E-state index contributed by atoms with van der Waals surface area (Å²) >= 11 is 7.38. The number of methoxy groups -OCH3 is 1. The van der Waals surface area contributed by atoms with Gasteiger partial charge in [0.2, 0.25) is 5.91 Å². The summed E-state index contributed by atoms with van der Waals surface area (Å²) in [6, 6.07) is 12.0. The Hall–Kier alpha value is -2.56. The predicted molar refractivity (Wildman–Crippen MR) is 118 cm³/mol. The number of aromatic nitrogens is 3. The highest BCUT2D eigenvalue weighted by molar-refractivity contribution is 7.99. The lowest BCUT2D eigenvalue weighted by Gasteiger charge is -2.13. The Morgan fingerprint density at radius 3 is 2.59 bits per heavy atom. The Balaban J connectivity index is 1.76. The third-order valence-corrected chi connectivity index (χ3v) is 5.70. The highest BCUT2D eigenvalue weighted by Crippen LogP contribution is 2.35. The van der Waals surface area contributed by atoms with Crippen molar-refractivity contribution in [3.8, 4) is 11.4 Å². The topological polar surface area (TPSA) is 69.0 Å². The molecule has 6 nitrogen and oxygen atoms in total. The van der Waals surface area contributed by atoms with Crippen LogP contribution in [0, 0.1) is 0 Å². The number of anilines is 1. The summed E-state index contributed by atoms with van der Waals surface area (Å²) in [5.74, 6) is -0.189. The molecule has 0 radical (unpaired) electrons. The van der Waals surface area contributed by atoms with Crippen LogP contribution in [0.1, 0.15) is 12.0 Å². The van der Waals surface area contributed by atoms with Gasteiger partial charge in [-0.1, -0.05) is 47.6 Å². The molecule has 3 rings (SSSR count). The van der Waals surface area contributed by atoms with Gasteiger partial charge in [-0.15, -0.1) is 10.2 Å². The number of para-hydroxylation sites is 1. The summed E-state index contributed by atoms with van der Waals surface area (Å²) in [6.07, 6.45) is -3.90. The van der Waals surface area contributed by atoms with Crippen molar-refractivity contribution < 1.29 is 22.7 Å². The van der Waals surface area contributed by atoms with Crippen molar-refractivity contribution >= 4 is 35.0 Å². The predicted octanol–water partition coefficient (Wildman–Crippen LogP) is 5.38. The Labute approximate surface area is 192 Å². The Morgan fingerprint density at radius 2 is 1.88 bits per heavy atom. The number of carbonyl (C=O) groups is 1. The van der Waals surface area contributed by atoms with Crippen LogP contribution in [0.15, 0.2) is 53.7 Å². The molecule has 0 saturated carbocycles. The van der Waals surface area contributed by atoms with Gasteiger partial charge in [-0.2, -0.15) is 13.2 Å². The van der Waals surface area contributed by atoms with Crippen LogP contribution < -0.4 is 5.32 Å². The number of hydrogen-bond donors (Lipinski definition) is 1. The van der Waals surface area contributed by atoms with Crippen LogP contribution in [0.3, 0.4) is 0 Å². The highest BCUT2D eigenvalue weighted by Gasteiger charge is 2.33. The number of thioether (sulfide) groups is 1. The Kier molecular flexibility index (Phi) is 8.16. The van der Waals surface area contributed by atoms with Gasteiger partial charge in [0, 0.05) is 25.8 Å². The molecule has 32 heavy (non-hydrogen) atoms. The molecule has 2 aromatic carbocycles. The first-order valence-electron chi connectivity index (χ1n) is 9.57. The molecule has 0 aliphatic carbocycles. The zero-order valence-electron chi connectivity index (χ0n) is 17.0. The summed E-state index contributed by atoms with van der Waals surface area (Å²) in [6.45, 7) is 1.03. The minimum atomic E-state index is -4.57. The van der Waals surface area contributed by atoms with Gasteiger partial charge in [0.25, 0.3) is 0 Å². The minimum absolute atomic E-state index is 0.142. The number of nitrogens with one attached hydrogen (secondary N) is 1. The lowest BCUT2D eigenvalue weighted by molar-refractivity contribution is -0.137. The second-order valence-electron chi connectivity index (χ2n) is 6.66. The number of benzene rings is 2. The number of amides is 1. The third-order valence-electron chi connectivity index (χ3n) is 4.40. The van der Waals surface area contributed by atoms with Crippen molar-refractivity contribution in [2.45, 2.75) is 24.3 Å². The monoisotopic (exact) mass is 484 g/mol. The van der Waals surface area contributed by atoms with Gasteiger partial charge < -0.3 is 14.6 Å². The first-order valence-corrected chi connectivity index (χ1v) is 10.9. The largest absolute Gasteiger partial charge is 0.418 e. The van der Waals surface area contributed by atoms with E-state index < -0.39 is 17.6 Å². The molecule has 0 bridgehead atoms. The molecular formula is C21H20ClF3N4O2S. The average Bonchev–Trinajstić information content (AvgIpc) is 3.15. The summed E-state index contributed by atoms with van der Waals surface area (Å²) in [5.41, 5.74) is -0.500. The van der Waals surface area contributed by atoms with Crippen molar-refractivity contribution in [1.29, 1.82) is 0 Å². The number of carbonyl (C=O) groups excluding carboxylic acids is 1. The maximum Gasteiger partial charge on any atom is 0.418 e. The van der Waals surface area contributed by atoms with Gasteiger partial charge in [-0.05, 0) is 30.7 Å². The van der Waals surface area contributed by atoms with Crippen LogP contribution in [0.2, 0.25) is 5.02 Å². The fourth-order valence-electron chi connectivity index (χ4n) is 2.96. The highest BCUT2D eigenvalue weighted by atomic mass is 35.5. The molecule has 170 valence electrons. The molecule has 1 N–H and O–H groups in total. The number of rotatable bonds is 9. The molecule has 1 heterocycles. The van der Waals surface area contributed by atoms with Crippen LogP contribution in [0.5, 0.6) is 0 Å². The molecule has 0 spiro atoms. The third kappa shape index (κ3) is 6.02. The number of halogens is 4. The maximum absolute atomic E-state index is 13.1. The molecule has 11 heteroatoms. The number of hydrogen-bond acceptors (Lipinski definition) is 5. The lowest BCUT2D eigenvalue weighted by atomic mass is 10.1. The average molecular weight is 485 g/mol. The summed E-state index contributed by atoms with van der Waals surface area (Å²) in [5, 5.41) is 11.7. The van der Waals surface area contributed by atoms with E-state index in [0.29, 0.717) is 41.1 Å². The van der Waals surface area contributed by atoms with Crippen LogP contribution in [0.4, 0.5) is 18.9 Å². The zero-order chi connectivity index (χ0) is 23.1. The second-order valence-corrected chi connectivity index (χ2v) is 8.01. The van der Waals surface area contributed by atoms with Gasteiger partial charge in [0.15, 0.2) is 11.0 Å². The molecule has 0 saturated heterocycles. The Bertz CT molecular complexity index is 1080. The van der Waals surface area contributed by atoms with E-state index in [1.807, 2.05) is 16.7 Å². The smallest absolute Gasteiger partial charge is 0.385 e. The second kappa shape index (κ2) is 10.8. The normalized spacial score (nSPS) is 11.5. The molecule has 0 aliphatic rings. The summed E-state index contributed by atoms with van der Waals surface area (Å²) < 4.78 is 46.4. The van der Waals surface area contributed by atoms with Crippen molar-refractivity contribution in [2.75, 3.05) is 24.8 Å². The van der Waals surface area contributed by atoms with Crippen molar-refractivity contribution in [3.05, 3.63) is 59.1 Å². The Morgan fingerprint density at radius 1 is 1.16 bits per heavy atom. The van der Waals surface area contributed by atoms with Gasteiger partial charge in [0.05, 0.1) is 22.0 Å². The summed E-state index contributed by atoms with van der Waals surface area (Å²) in [7, 11) is 1.60. The van der Waals surface area contributed by atoms with E-state index in [9.17, 15) is 18.0 Å². The van der Waals surface area contributed by atoms with E-state index in [-0.39, 0.29) is 11.4 Å². The molecule has 0 unspecified atom stereocenters. The lowest BCUT2D eigenvalue weighted by Crippen LogP contribution is -2.18. The zero-order valence-corrected chi connectivity index (χ0v) is 18.6. The summed E-state index contributed by atoms with van der Waals surface area (Å²) in [4.78, 5) is 12.4. The molecule has 0 aliphatic heterocycles. The van der Waals surface area contributed by atoms with E-state index in [4.69, 9.17) is 16.3 Å². The first-order chi connectivity index (χ1) is 15.3. The maximum atomic E-state index is 13.1. The minimum Gasteiger partial charge on any atom is -0.385 e. The molecule has 3 aromatic rings. The van der Waals surface area contributed by atoms with Crippen LogP contribution in [-0.4, -0.2) is 40.1 Å². The van der Waals surface area contributed by atoms with E-state index in [1.54, 1.807) is 19.2 Å². The first kappa shape index (κ1) is 24.1.